The van der Waals surface area contributed by atoms with E-state index in [2.05, 4.69) is 26.6 Å². The van der Waals surface area contributed by atoms with Gasteiger partial charge >= 0.3 is 0 Å². The second kappa shape index (κ2) is 7.67. The lowest BCUT2D eigenvalue weighted by Crippen LogP contribution is -2.40. The molecule has 0 saturated heterocycles. The van der Waals surface area contributed by atoms with Crippen LogP contribution >= 0.6 is 15.9 Å². The van der Waals surface area contributed by atoms with Gasteiger partial charge in [-0.15, -0.1) is 0 Å². The van der Waals surface area contributed by atoms with Gasteiger partial charge in [0.15, 0.2) is 0 Å². The SMILES string of the molecule is C[C@@H](Nc1cccc(Br)c1)C(=O)NCC1CCCCC1. The Hall–Kier alpha value is -1.03. The Morgan fingerprint density at radius 2 is 2.10 bits per heavy atom. The zero-order valence-corrected chi connectivity index (χ0v) is 13.6. The van der Waals surface area contributed by atoms with Crippen molar-refractivity contribution in [3.05, 3.63) is 28.7 Å². The van der Waals surface area contributed by atoms with E-state index in [-0.39, 0.29) is 11.9 Å². The molecule has 2 rings (SSSR count). The summed E-state index contributed by atoms with van der Waals surface area (Å²) in [4.78, 5) is 12.1. The van der Waals surface area contributed by atoms with Crippen LogP contribution < -0.4 is 10.6 Å². The molecule has 3 nitrogen and oxygen atoms in total. The number of hydrogen-bond acceptors (Lipinski definition) is 2. The van der Waals surface area contributed by atoms with Gasteiger partial charge in [0.1, 0.15) is 6.04 Å². The Morgan fingerprint density at radius 3 is 2.80 bits per heavy atom. The monoisotopic (exact) mass is 338 g/mol. The van der Waals surface area contributed by atoms with Crippen LogP contribution in [0.1, 0.15) is 39.0 Å². The molecular formula is C16H23BrN2O. The van der Waals surface area contributed by atoms with E-state index in [1.54, 1.807) is 0 Å². The largest absolute Gasteiger partial charge is 0.374 e. The van der Waals surface area contributed by atoms with Gasteiger partial charge in [-0.05, 0) is 43.9 Å². The van der Waals surface area contributed by atoms with Gasteiger partial charge in [-0.2, -0.15) is 0 Å². The molecule has 1 saturated carbocycles. The van der Waals surface area contributed by atoms with Gasteiger partial charge in [-0.1, -0.05) is 41.3 Å². The van der Waals surface area contributed by atoms with Crippen LogP contribution in [0.15, 0.2) is 28.7 Å². The number of rotatable bonds is 5. The molecule has 1 atom stereocenters. The Morgan fingerprint density at radius 1 is 1.35 bits per heavy atom. The molecule has 20 heavy (non-hydrogen) atoms. The summed E-state index contributed by atoms with van der Waals surface area (Å²) in [6.07, 6.45) is 6.49. The number of carbonyl (C=O) groups is 1. The number of halogens is 1. The van der Waals surface area contributed by atoms with E-state index in [1.165, 1.54) is 32.1 Å². The Bertz CT molecular complexity index is 444. The Kier molecular flexibility index (Phi) is 5.89. The number of amides is 1. The molecule has 2 N–H and O–H groups in total. The molecule has 1 amide bonds. The molecule has 1 aromatic carbocycles. The highest BCUT2D eigenvalue weighted by Crippen LogP contribution is 2.22. The molecule has 0 aromatic heterocycles. The summed E-state index contributed by atoms with van der Waals surface area (Å²) in [7, 11) is 0. The van der Waals surface area contributed by atoms with Crippen LogP contribution in [0.3, 0.4) is 0 Å². The highest BCUT2D eigenvalue weighted by molar-refractivity contribution is 9.10. The lowest BCUT2D eigenvalue weighted by Gasteiger charge is -2.23. The van der Waals surface area contributed by atoms with Crippen molar-refractivity contribution in [2.45, 2.75) is 45.1 Å². The van der Waals surface area contributed by atoms with Gasteiger partial charge in [0.05, 0.1) is 0 Å². The maximum absolute atomic E-state index is 12.1. The molecule has 0 aliphatic heterocycles. The van der Waals surface area contributed by atoms with Crippen LogP contribution in [0.4, 0.5) is 5.69 Å². The van der Waals surface area contributed by atoms with Crippen LogP contribution in [-0.4, -0.2) is 18.5 Å². The normalized spacial score (nSPS) is 17.5. The summed E-state index contributed by atoms with van der Waals surface area (Å²) in [5, 5.41) is 6.30. The molecule has 0 spiro atoms. The fourth-order valence-corrected chi connectivity index (χ4v) is 3.08. The highest BCUT2D eigenvalue weighted by atomic mass is 79.9. The number of anilines is 1. The zero-order chi connectivity index (χ0) is 14.4. The van der Waals surface area contributed by atoms with Crippen molar-refractivity contribution in [1.29, 1.82) is 0 Å². The molecule has 1 aliphatic carbocycles. The topological polar surface area (TPSA) is 41.1 Å². The summed E-state index contributed by atoms with van der Waals surface area (Å²) < 4.78 is 1.01. The molecule has 0 bridgehead atoms. The number of benzene rings is 1. The van der Waals surface area contributed by atoms with Gasteiger partial charge in [-0.3, -0.25) is 4.79 Å². The number of hydrogen-bond donors (Lipinski definition) is 2. The van der Waals surface area contributed by atoms with E-state index < -0.39 is 0 Å². The minimum Gasteiger partial charge on any atom is -0.374 e. The van der Waals surface area contributed by atoms with Crippen molar-refractivity contribution in [3.8, 4) is 0 Å². The van der Waals surface area contributed by atoms with E-state index in [9.17, 15) is 4.79 Å². The fraction of sp³-hybridized carbons (Fsp3) is 0.562. The van der Waals surface area contributed by atoms with Gasteiger partial charge in [0, 0.05) is 16.7 Å². The molecule has 4 heteroatoms. The maximum atomic E-state index is 12.1. The zero-order valence-electron chi connectivity index (χ0n) is 12.0. The lowest BCUT2D eigenvalue weighted by atomic mass is 9.89. The molecule has 1 aromatic rings. The van der Waals surface area contributed by atoms with E-state index in [1.807, 2.05) is 31.2 Å². The highest BCUT2D eigenvalue weighted by Gasteiger charge is 2.17. The van der Waals surface area contributed by atoms with E-state index >= 15 is 0 Å². The molecule has 0 heterocycles. The standard InChI is InChI=1S/C16H23BrN2O/c1-12(19-15-9-5-8-14(17)10-15)16(20)18-11-13-6-3-2-4-7-13/h5,8-10,12-13,19H,2-4,6-7,11H2,1H3,(H,18,20)/t12-/m1/s1. The predicted octanol–water partition coefficient (Wildman–Crippen LogP) is 3.95. The minimum absolute atomic E-state index is 0.0792. The quantitative estimate of drug-likeness (QED) is 0.853. The Balaban J connectivity index is 1.76. The van der Waals surface area contributed by atoms with Gasteiger partial charge in [0.25, 0.3) is 0 Å². The minimum atomic E-state index is -0.215. The molecule has 1 fully saturated rings. The second-order valence-electron chi connectivity index (χ2n) is 5.63. The summed E-state index contributed by atoms with van der Waals surface area (Å²) in [5.41, 5.74) is 0.958. The summed E-state index contributed by atoms with van der Waals surface area (Å²) in [6.45, 7) is 2.72. The summed E-state index contributed by atoms with van der Waals surface area (Å²) in [6, 6.07) is 7.66. The van der Waals surface area contributed by atoms with Crippen LogP contribution in [-0.2, 0) is 4.79 Å². The van der Waals surface area contributed by atoms with E-state index in [0.717, 1.165) is 16.7 Å². The first-order valence-corrected chi connectivity index (χ1v) is 8.24. The van der Waals surface area contributed by atoms with Crippen molar-refractivity contribution in [2.75, 3.05) is 11.9 Å². The number of carbonyl (C=O) groups excluding carboxylic acids is 1. The first kappa shape index (κ1) is 15.4. The third-order valence-corrected chi connectivity index (χ3v) is 4.38. The molecule has 0 radical (unpaired) electrons. The molecule has 110 valence electrons. The van der Waals surface area contributed by atoms with Gasteiger partial charge < -0.3 is 10.6 Å². The number of nitrogens with one attached hydrogen (secondary N) is 2. The summed E-state index contributed by atoms with van der Waals surface area (Å²) >= 11 is 3.43. The summed E-state index contributed by atoms with van der Waals surface area (Å²) in [5.74, 6) is 0.751. The van der Waals surface area contributed by atoms with E-state index in [0.29, 0.717) is 5.92 Å². The predicted molar refractivity (Wildman–Crippen MR) is 86.8 cm³/mol. The van der Waals surface area contributed by atoms with Gasteiger partial charge in [-0.25, -0.2) is 0 Å². The van der Waals surface area contributed by atoms with Crippen molar-refractivity contribution in [1.82, 2.24) is 5.32 Å². The average Bonchev–Trinajstić information content (AvgIpc) is 2.46. The fourth-order valence-electron chi connectivity index (χ4n) is 2.68. The maximum Gasteiger partial charge on any atom is 0.242 e. The van der Waals surface area contributed by atoms with Gasteiger partial charge in [0.2, 0.25) is 5.91 Å². The van der Waals surface area contributed by atoms with Crippen molar-refractivity contribution >= 4 is 27.5 Å². The molecular weight excluding hydrogens is 316 g/mol. The molecule has 0 unspecified atom stereocenters. The lowest BCUT2D eigenvalue weighted by molar-refractivity contribution is -0.121. The first-order chi connectivity index (χ1) is 9.65. The third kappa shape index (κ3) is 4.82. The van der Waals surface area contributed by atoms with Crippen molar-refractivity contribution < 1.29 is 4.79 Å². The van der Waals surface area contributed by atoms with E-state index in [4.69, 9.17) is 0 Å². The smallest absolute Gasteiger partial charge is 0.242 e. The van der Waals surface area contributed by atoms with Crippen LogP contribution in [0.5, 0.6) is 0 Å². The van der Waals surface area contributed by atoms with Crippen LogP contribution in [0.25, 0.3) is 0 Å². The van der Waals surface area contributed by atoms with Crippen molar-refractivity contribution in [3.63, 3.8) is 0 Å². The second-order valence-corrected chi connectivity index (χ2v) is 6.54. The van der Waals surface area contributed by atoms with Crippen LogP contribution in [0, 0.1) is 5.92 Å². The first-order valence-electron chi connectivity index (χ1n) is 7.45. The van der Waals surface area contributed by atoms with Crippen molar-refractivity contribution in [2.24, 2.45) is 5.92 Å². The van der Waals surface area contributed by atoms with Crippen LogP contribution in [0.2, 0.25) is 0 Å². The average molecular weight is 339 g/mol. The Labute approximate surface area is 129 Å². The third-order valence-electron chi connectivity index (χ3n) is 3.89. The molecule has 1 aliphatic rings.